The summed E-state index contributed by atoms with van der Waals surface area (Å²) in [4.78, 5) is 2.49. The van der Waals surface area contributed by atoms with Crippen LogP contribution in [0, 0.1) is 29.6 Å². The van der Waals surface area contributed by atoms with Gasteiger partial charge in [0.15, 0.2) is 0 Å². The van der Waals surface area contributed by atoms with E-state index < -0.39 is 0 Å². The van der Waals surface area contributed by atoms with E-state index in [4.69, 9.17) is 0 Å². The number of fused-ring (bicyclic) bond motifs is 5. The molecule has 0 aromatic heterocycles. The number of nitrogens with zero attached hydrogens (tertiary/aromatic N) is 1. The molecule has 2 nitrogen and oxygen atoms in total. The molecule has 5 atom stereocenters. The van der Waals surface area contributed by atoms with E-state index in [2.05, 4.69) is 17.3 Å². The maximum absolute atomic E-state index is 3.97. The fourth-order valence-electron chi connectivity index (χ4n) is 6.13. The Balaban J connectivity index is 1.21. The van der Waals surface area contributed by atoms with Crippen LogP contribution in [0.25, 0.3) is 0 Å². The van der Waals surface area contributed by atoms with Crippen molar-refractivity contribution >= 4 is 0 Å². The van der Waals surface area contributed by atoms with E-state index in [1.807, 2.05) is 0 Å². The monoisotopic (exact) mass is 276 g/mol. The first-order valence-corrected chi connectivity index (χ1v) is 9.23. The van der Waals surface area contributed by atoms with Gasteiger partial charge in [0.2, 0.25) is 0 Å². The number of nitrogens with one attached hydrogen (secondary N) is 1. The Bertz CT molecular complexity index is 334. The molecule has 0 radical (unpaired) electrons. The van der Waals surface area contributed by atoms with E-state index >= 15 is 0 Å². The summed E-state index contributed by atoms with van der Waals surface area (Å²) in [5.41, 5.74) is 0. The van der Waals surface area contributed by atoms with Gasteiger partial charge in [0.05, 0.1) is 0 Å². The second-order valence-corrected chi connectivity index (χ2v) is 8.25. The van der Waals surface area contributed by atoms with Gasteiger partial charge >= 0.3 is 0 Å². The van der Waals surface area contributed by atoms with Crippen molar-refractivity contribution in [2.75, 3.05) is 26.7 Å². The molecule has 20 heavy (non-hydrogen) atoms. The Hall–Kier alpha value is -0.0800. The van der Waals surface area contributed by atoms with Crippen LogP contribution in [0.4, 0.5) is 0 Å². The van der Waals surface area contributed by atoms with Gasteiger partial charge in [-0.3, -0.25) is 0 Å². The molecule has 0 aromatic carbocycles. The summed E-state index contributed by atoms with van der Waals surface area (Å²) in [6.07, 6.45) is 12.0. The van der Waals surface area contributed by atoms with Crippen molar-refractivity contribution in [1.82, 2.24) is 10.2 Å². The molecule has 3 saturated carbocycles. The Labute approximate surface area is 124 Å². The maximum atomic E-state index is 3.97. The lowest BCUT2D eigenvalue weighted by molar-refractivity contribution is 0.192. The molecule has 4 rings (SSSR count). The largest absolute Gasteiger partial charge is 0.314 e. The topological polar surface area (TPSA) is 15.3 Å². The van der Waals surface area contributed by atoms with Gasteiger partial charge in [0, 0.05) is 6.04 Å². The molecule has 4 fully saturated rings. The first kappa shape index (κ1) is 13.6. The average Bonchev–Trinajstić information content (AvgIpc) is 3.12. The molecule has 1 saturated heterocycles. The fraction of sp³-hybridized carbons (Fsp3) is 1.00. The molecule has 114 valence electrons. The summed E-state index contributed by atoms with van der Waals surface area (Å²) in [5, 5.41) is 3.97. The Morgan fingerprint density at radius 2 is 1.75 bits per heavy atom. The van der Waals surface area contributed by atoms with Crippen LogP contribution in [-0.2, 0) is 0 Å². The van der Waals surface area contributed by atoms with E-state index in [1.165, 1.54) is 51.7 Å². The molecule has 0 spiro atoms. The van der Waals surface area contributed by atoms with Crippen LogP contribution < -0.4 is 5.32 Å². The highest BCUT2D eigenvalue weighted by atomic mass is 15.1. The predicted octanol–water partition coefficient (Wildman–Crippen LogP) is 3.13. The molecule has 1 N–H and O–H groups in total. The van der Waals surface area contributed by atoms with E-state index in [1.54, 1.807) is 19.3 Å². The Kier molecular flexibility index (Phi) is 3.80. The van der Waals surface area contributed by atoms with Crippen LogP contribution in [0.1, 0.15) is 51.4 Å². The highest BCUT2D eigenvalue weighted by molar-refractivity contribution is 5.05. The van der Waals surface area contributed by atoms with Crippen molar-refractivity contribution in [2.45, 2.75) is 57.4 Å². The van der Waals surface area contributed by atoms with Crippen LogP contribution in [-0.4, -0.2) is 37.6 Å². The van der Waals surface area contributed by atoms with Crippen molar-refractivity contribution in [3.05, 3.63) is 0 Å². The molecule has 2 heteroatoms. The lowest BCUT2D eigenvalue weighted by Gasteiger charge is -2.33. The highest BCUT2D eigenvalue weighted by Gasteiger charge is 2.53. The van der Waals surface area contributed by atoms with Crippen molar-refractivity contribution in [1.29, 1.82) is 0 Å². The van der Waals surface area contributed by atoms with Crippen LogP contribution in [0.15, 0.2) is 0 Å². The van der Waals surface area contributed by atoms with Gasteiger partial charge in [0.1, 0.15) is 0 Å². The Morgan fingerprint density at radius 3 is 2.60 bits per heavy atom. The minimum absolute atomic E-state index is 0.894. The van der Waals surface area contributed by atoms with Gasteiger partial charge < -0.3 is 10.2 Å². The SMILES string of the molecule is CN1CCC(CCNC2CC3CC2C2CCCC32)CC1. The van der Waals surface area contributed by atoms with E-state index in [0.717, 1.165) is 35.6 Å². The van der Waals surface area contributed by atoms with Crippen LogP contribution in [0.5, 0.6) is 0 Å². The minimum atomic E-state index is 0.894. The van der Waals surface area contributed by atoms with Gasteiger partial charge in [-0.25, -0.2) is 0 Å². The van der Waals surface area contributed by atoms with E-state index in [9.17, 15) is 0 Å². The molecule has 3 aliphatic carbocycles. The van der Waals surface area contributed by atoms with Gasteiger partial charge in [-0.15, -0.1) is 0 Å². The third-order valence-electron chi connectivity index (χ3n) is 7.23. The van der Waals surface area contributed by atoms with Crippen LogP contribution >= 0.6 is 0 Å². The first-order valence-electron chi connectivity index (χ1n) is 9.23. The van der Waals surface area contributed by atoms with Crippen LogP contribution in [0.2, 0.25) is 0 Å². The van der Waals surface area contributed by atoms with Crippen molar-refractivity contribution in [3.8, 4) is 0 Å². The number of likely N-dealkylation sites (tertiary alicyclic amines) is 1. The first-order chi connectivity index (χ1) is 9.81. The quantitative estimate of drug-likeness (QED) is 0.848. The molecule has 2 bridgehead atoms. The third-order valence-corrected chi connectivity index (χ3v) is 7.23. The zero-order valence-electron chi connectivity index (χ0n) is 13.2. The second kappa shape index (κ2) is 5.61. The molecular formula is C18H32N2. The van der Waals surface area contributed by atoms with E-state index in [0.29, 0.717) is 0 Å². The molecule has 1 aliphatic heterocycles. The minimum Gasteiger partial charge on any atom is -0.314 e. The van der Waals surface area contributed by atoms with Gasteiger partial charge in [-0.05, 0) is 101 Å². The number of hydrogen-bond donors (Lipinski definition) is 1. The zero-order chi connectivity index (χ0) is 13.5. The molecule has 4 aliphatic rings. The van der Waals surface area contributed by atoms with Crippen molar-refractivity contribution in [2.24, 2.45) is 29.6 Å². The lowest BCUT2D eigenvalue weighted by atomic mass is 9.79. The van der Waals surface area contributed by atoms with Crippen LogP contribution in [0.3, 0.4) is 0 Å². The molecule has 0 aromatic rings. The number of hydrogen-bond acceptors (Lipinski definition) is 2. The summed E-state index contributed by atoms with van der Waals surface area (Å²) < 4.78 is 0. The normalized spacial score (nSPS) is 45.1. The number of rotatable bonds is 4. The standard InChI is InChI=1S/C18H32N2/c1-20-9-6-13(7-10-20)5-8-19-18-12-14-11-17(18)16-4-2-3-15(14)16/h13-19H,2-12H2,1H3. The summed E-state index contributed by atoms with van der Waals surface area (Å²) in [7, 11) is 2.27. The van der Waals surface area contributed by atoms with E-state index in [-0.39, 0.29) is 0 Å². The third kappa shape index (κ3) is 2.43. The van der Waals surface area contributed by atoms with Gasteiger partial charge in [-0.2, -0.15) is 0 Å². The van der Waals surface area contributed by atoms with Gasteiger partial charge in [0.25, 0.3) is 0 Å². The summed E-state index contributed by atoms with van der Waals surface area (Å²) in [6.45, 7) is 3.94. The van der Waals surface area contributed by atoms with Gasteiger partial charge in [-0.1, -0.05) is 6.42 Å². The Morgan fingerprint density at radius 1 is 0.950 bits per heavy atom. The summed E-state index contributed by atoms with van der Waals surface area (Å²) in [5.74, 6) is 5.43. The second-order valence-electron chi connectivity index (χ2n) is 8.25. The molecule has 0 amide bonds. The molecule has 1 heterocycles. The zero-order valence-corrected chi connectivity index (χ0v) is 13.2. The number of piperidine rings is 1. The van der Waals surface area contributed by atoms with Crippen molar-refractivity contribution < 1.29 is 0 Å². The smallest absolute Gasteiger partial charge is 0.0101 e. The maximum Gasteiger partial charge on any atom is 0.0101 e. The lowest BCUT2D eigenvalue weighted by Crippen LogP contribution is -2.40. The summed E-state index contributed by atoms with van der Waals surface area (Å²) in [6, 6.07) is 0.894. The molecular weight excluding hydrogens is 244 g/mol. The molecule has 5 unspecified atom stereocenters. The summed E-state index contributed by atoms with van der Waals surface area (Å²) >= 11 is 0. The highest BCUT2D eigenvalue weighted by Crippen LogP contribution is 2.58. The average molecular weight is 276 g/mol. The fourth-order valence-corrected chi connectivity index (χ4v) is 6.13. The van der Waals surface area contributed by atoms with Crippen molar-refractivity contribution in [3.63, 3.8) is 0 Å². The predicted molar refractivity (Wildman–Crippen MR) is 83.7 cm³/mol.